The Kier molecular flexibility index (Phi) is 3.28. The fourth-order valence-corrected chi connectivity index (χ4v) is 0.641. The van der Waals surface area contributed by atoms with Gasteiger partial charge in [0.2, 0.25) is 0 Å². The molecule has 0 aromatic rings. The number of thiol groups is 2. The van der Waals surface area contributed by atoms with Crippen LogP contribution in [0.3, 0.4) is 0 Å². The molecule has 2 heteroatoms. The molecule has 0 radical (unpaired) electrons. The molecule has 0 amide bonds. The maximum atomic E-state index is 4.31. The molecule has 0 saturated carbocycles. The van der Waals surface area contributed by atoms with Gasteiger partial charge < -0.3 is 0 Å². The van der Waals surface area contributed by atoms with Crippen LogP contribution in [0.1, 0.15) is 20.8 Å². The average Bonchev–Trinajstić information content (AvgIpc) is 1.67. The zero-order valence-corrected chi connectivity index (χ0v) is 7.47. The van der Waals surface area contributed by atoms with Gasteiger partial charge in [-0.2, -0.15) is 25.3 Å². The van der Waals surface area contributed by atoms with Gasteiger partial charge >= 0.3 is 0 Å². The molecule has 0 aromatic carbocycles. The Morgan fingerprint density at radius 3 is 1.88 bits per heavy atom. The first kappa shape index (κ1) is 8.70. The van der Waals surface area contributed by atoms with E-state index >= 15 is 0 Å². The molecule has 0 bridgehead atoms. The van der Waals surface area contributed by atoms with Crippen molar-refractivity contribution in [3.05, 3.63) is 0 Å². The van der Waals surface area contributed by atoms with Gasteiger partial charge in [0, 0.05) is 5.25 Å². The zero-order valence-electron chi connectivity index (χ0n) is 5.68. The Balaban J connectivity index is 3.71. The minimum atomic E-state index is 0.270. The van der Waals surface area contributed by atoms with Crippen molar-refractivity contribution >= 4 is 25.3 Å². The van der Waals surface area contributed by atoms with Crippen molar-refractivity contribution in [1.29, 1.82) is 0 Å². The molecule has 8 heavy (non-hydrogen) atoms. The van der Waals surface area contributed by atoms with Gasteiger partial charge in [-0.1, -0.05) is 20.8 Å². The van der Waals surface area contributed by atoms with Gasteiger partial charge in [0.1, 0.15) is 0 Å². The van der Waals surface area contributed by atoms with Crippen molar-refractivity contribution in [2.75, 3.05) is 5.75 Å². The first-order valence-electron chi connectivity index (χ1n) is 2.79. The van der Waals surface area contributed by atoms with E-state index in [1.165, 1.54) is 0 Å². The summed E-state index contributed by atoms with van der Waals surface area (Å²) < 4.78 is 0. The lowest BCUT2D eigenvalue weighted by atomic mass is 9.92. The van der Waals surface area contributed by atoms with Crippen LogP contribution in [0.25, 0.3) is 0 Å². The summed E-state index contributed by atoms with van der Waals surface area (Å²) in [6.45, 7) is 6.43. The number of hydrogen-bond acceptors (Lipinski definition) is 2. The zero-order chi connectivity index (χ0) is 6.78. The Morgan fingerprint density at radius 2 is 1.88 bits per heavy atom. The second-order valence-electron chi connectivity index (χ2n) is 2.82. The lowest BCUT2D eigenvalue weighted by Crippen LogP contribution is -2.23. The summed E-state index contributed by atoms with van der Waals surface area (Å²) in [6.07, 6.45) is 0. The molecule has 1 unspecified atom stereocenters. The third kappa shape index (κ3) is 2.31. The van der Waals surface area contributed by atoms with E-state index in [4.69, 9.17) is 0 Å². The second kappa shape index (κ2) is 3.02. The third-order valence-corrected chi connectivity index (χ3v) is 3.05. The van der Waals surface area contributed by atoms with Gasteiger partial charge in [-0.15, -0.1) is 0 Å². The van der Waals surface area contributed by atoms with Gasteiger partial charge in [0.25, 0.3) is 0 Å². The lowest BCUT2D eigenvalue weighted by Gasteiger charge is -2.25. The minimum Gasteiger partial charge on any atom is -0.179 e. The summed E-state index contributed by atoms with van der Waals surface area (Å²) in [4.78, 5) is 0. The molecule has 0 heterocycles. The quantitative estimate of drug-likeness (QED) is 0.554. The van der Waals surface area contributed by atoms with Crippen LogP contribution in [-0.2, 0) is 0 Å². The van der Waals surface area contributed by atoms with Gasteiger partial charge in [-0.25, -0.2) is 0 Å². The van der Waals surface area contributed by atoms with E-state index in [1.54, 1.807) is 0 Å². The highest BCUT2D eigenvalue weighted by atomic mass is 32.1. The molecule has 0 aliphatic carbocycles. The van der Waals surface area contributed by atoms with E-state index in [2.05, 4.69) is 46.0 Å². The Bertz CT molecular complexity index is 66.9. The summed E-state index contributed by atoms with van der Waals surface area (Å²) in [7, 11) is 0. The van der Waals surface area contributed by atoms with Crippen LogP contribution in [0.4, 0.5) is 0 Å². The molecule has 0 saturated heterocycles. The normalized spacial score (nSPS) is 16.1. The lowest BCUT2D eigenvalue weighted by molar-refractivity contribution is 0.424. The smallest absolute Gasteiger partial charge is 0.00474 e. The van der Waals surface area contributed by atoms with E-state index in [9.17, 15) is 0 Å². The largest absolute Gasteiger partial charge is 0.179 e. The van der Waals surface area contributed by atoms with Crippen molar-refractivity contribution in [3.63, 3.8) is 0 Å². The summed E-state index contributed by atoms with van der Waals surface area (Å²) in [5.74, 6) is 0.900. The van der Waals surface area contributed by atoms with E-state index in [0.717, 1.165) is 5.75 Å². The van der Waals surface area contributed by atoms with Crippen LogP contribution in [-0.4, -0.2) is 11.0 Å². The first-order chi connectivity index (χ1) is 3.50. The Hall–Kier alpha value is 0.700. The molecule has 0 nitrogen and oxygen atoms in total. The summed E-state index contributed by atoms with van der Waals surface area (Å²) in [5.41, 5.74) is 0.270. The molecule has 0 rings (SSSR count). The predicted molar refractivity (Wildman–Crippen MR) is 46.1 cm³/mol. The van der Waals surface area contributed by atoms with Crippen LogP contribution in [0.2, 0.25) is 0 Å². The van der Waals surface area contributed by atoms with Crippen LogP contribution in [0, 0.1) is 5.41 Å². The molecule has 0 aliphatic rings. The molecular formula is C6H14S2. The van der Waals surface area contributed by atoms with Crippen molar-refractivity contribution in [3.8, 4) is 0 Å². The van der Waals surface area contributed by atoms with Crippen LogP contribution in [0.5, 0.6) is 0 Å². The molecule has 0 fully saturated rings. The minimum absolute atomic E-state index is 0.270. The van der Waals surface area contributed by atoms with Crippen LogP contribution < -0.4 is 0 Å². The fourth-order valence-electron chi connectivity index (χ4n) is 0.132. The third-order valence-electron chi connectivity index (χ3n) is 1.54. The molecule has 0 N–H and O–H groups in total. The Labute approximate surface area is 62.9 Å². The molecule has 1 atom stereocenters. The number of rotatable bonds is 2. The van der Waals surface area contributed by atoms with Crippen molar-refractivity contribution < 1.29 is 0 Å². The Morgan fingerprint density at radius 1 is 1.50 bits per heavy atom. The predicted octanol–water partition coefficient (Wildman–Crippen LogP) is 2.26. The molecule has 0 aromatic heterocycles. The maximum absolute atomic E-state index is 4.31. The number of hydrogen-bond donors (Lipinski definition) is 2. The van der Waals surface area contributed by atoms with Gasteiger partial charge in [-0.3, -0.25) is 0 Å². The van der Waals surface area contributed by atoms with Gasteiger partial charge in [0.05, 0.1) is 0 Å². The van der Waals surface area contributed by atoms with E-state index in [-0.39, 0.29) is 5.41 Å². The molecular weight excluding hydrogens is 136 g/mol. The molecule has 0 spiro atoms. The summed E-state index contributed by atoms with van der Waals surface area (Å²) >= 11 is 8.50. The summed E-state index contributed by atoms with van der Waals surface area (Å²) in [6, 6.07) is 0. The summed E-state index contributed by atoms with van der Waals surface area (Å²) in [5, 5.41) is 0.431. The fraction of sp³-hybridized carbons (Fsp3) is 1.00. The first-order valence-corrected chi connectivity index (χ1v) is 3.94. The SMILES string of the molecule is CC(S)C(C)(C)CS. The van der Waals surface area contributed by atoms with Gasteiger partial charge in [-0.05, 0) is 11.2 Å². The average molecular weight is 150 g/mol. The van der Waals surface area contributed by atoms with Crippen molar-refractivity contribution in [2.45, 2.75) is 26.0 Å². The maximum Gasteiger partial charge on any atom is 0.00474 e. The highest BCUT2D eigenvalue weighted by Gasteiger charge is 2.20. The highest BCUT2D eigenvalue weighted by Crippen LogP contribution is 2.25. The van der Waals surface area contributed by atoms with E-state index in [0.29, 0.717) is 5.25 Å². The molecule has 0 aliphatic heterocycles. The monoisotopic (exact) mass is 150 g/mol. The van der Waals surface area contributed by atoms with Crippen LogP contribution >= 0.6 is 25.3 Å². The van der Waals surface area contributed by atoms with E-state index < -0.39 is 0 Å². The van der Waals surface area contributed by atoms with Crippen LogP contribution in [0.15, 0.2) is 0 Å². The molecule has 50 valence electrons. The second-order valence-corrected chi connectivity index (χ2v) is 3.91. The topological polar surface area (TPSA) is 0 Å². The van der Waals surface area contributed by atoms with Crippen molar-refractivity contribution in [2.24, 2.45) is 5.41 Å². The van der Waals surface area contributed by atoms with E-state index in [1.807, 2.05) is 0 Å². The highest BCUT2D eigenvalue weighted by molar-refractivity contribution is 7.81. The van der Waals surface area contributed by atoms with Gasteiger partial charge in [0.15, 0.2) is 0 Å². The van der Waals surface area contributed by atoms with Crippen molar-refractivity contribution in [1.82, 2.24) is 0 Å². The standard InChI is InChI=1S/C6H14S2/c1-5(8)6(2,3)4-7/h5,7-8H,4H2,1-3H3.